The van der Waals surface area contributed by atoms with E-state index in [9.17, 15) is 9.59 Å². The Hall–Kier alpha value is -2.48. The van der Waals surface area contributed by atoms with Gasteiger partial charge in [-0.15, -0.1) is 5.10 Å². The van der Waals surface area contributed by atoms with Crippen LogP contribution in [0.15, 0.2) is 27.5 Å². The van der Waals surface area contributed by atoms with Crippen LogP contribution in [0, 0.1) is 6.92 Å². The molecule has 0 spiro atoms. The molecule has 0 bridgehead atoms. The second-order valence-electron chi connectivity index (χ2n) is 5.89. The van der Waals surface area contributed by atoms with Gasteiger partial charge in [0.15, 0.2) is 11.2 Å². The molecule has 1 fully saturated rings. The van der Waals surface area contributed by atoms with Gasteiger partial charge in [-0.3, -0.25) is 9.59 Å². The first-order valence-electron chi connectivity index (χ1n) is 7.53. The number of likely N-dealkylation sites (tertiary alicyclic amines) is 1. The lowest BCUT2D eigenvalue weighted by Crippen LogP contribution is -2.50. The molecular weight excluding hydrogens is 300 g/mol. The van der Waals surface area contributed by atoms with Crippen LogP contribution in [0.1, 0.15) is 34.5 Å². The molecule has 4 heterocycles. The average molecular weight is 316 g/mol. The van der Waals surface area contributed by atoms with Crippen LogP contribution in [-0.4, -0.2) is 45.0 Å². The van der Waals surface area contributed by atoms with Crippen LogP contribution >= 0.6 is 0 Å². The molecule has 8 nitrogen and oxygen atoms in total. The molecule has 2 aromatic heterocycles. The highest BCUT2D eigenvalue weighted by Gasteiger charge is 2.38. The van der Waals surface area contributed by atoms with Crippen molar-refractivity contribution in [2.45, 2.75) is 32.1 Å². The van der Waals surface area contributed by atoms with Crippen molar-refractivity contribution in [1.82, 2.24) is 19.9 Å². The van der Waals surface area contributed by atoms with Gasteiger partial charge in [0.1, 0.15) is 5.76 Å². The molecule has 2 aromatic rings. The second-order valence-corrected chi connectivity index (χ2v) is 5.89. The third-order valence-corrected chi connectivity index (χ3v) is 4.32. The maximum atomic E-state index is 12.6. The molecule has 2 aliphatic rings. The normalized spacial score (nSPS) is 23.3. The molecule has 4 rings (SSSR count). The number of carbonyl (C=O) groups is 1. The smallest absolute Gasteiger partial charge is 0.289 e. The monoisotopic (exact) mass is 316 g/mol. The van der Waals surface area contributed by atoms with Crippen LogP contribution in [0.2, 0.25) is 0 Å². The van der Waals surface area contributed by atoms with Crippen LogP contribution in [0.25, 0.3) is 0 Å². The van der Waals surface area contributed by atoms with E-state index < -0.39 is 0 Å². The average Bonchev–Trinajstić information content (AvgIpc) is 3.01. The Kier molecular flexibility index (Phi) is 3.26. The number of ether oxygens (including phenoxy) is 1. The Morgan fingerprint density at radius 1 is 1.39 bits per heavy atom. The summed E-state index contributed by atoms with van der Waals surface area (Å²) in [6.07, 6.45) is 2.30. The van der Waals surface area contributed by atoms with Crippen LogP contribution < -0.4 is 5.43 Å². The Morgan fingerprint density at radius 2 is 2.26 bits per heavy atom. The Balaban J connectivity index is 1.55. The molecule has 0 saturated carbocycles. The minimum absolute atomic E-state index is 0.0747. The predicted molar refractivity (Wildman–Crippen MR) is 77.9 cm³/mol. The van der Waals surface area contributed by atoms with Crippen molar-refractivity contribution >= 4 is 5.91 Å². The van der Waals surface area contributed by atoms with Crippen LogP contribution in [-0.2, 0) is 11.3 Å². The number of rotatable bonds is 1. The summed E-state index contributed by atoms with van der Waals surface area (Å²) < 4.78 is 13.1. The minimum Gasteiger partial charge on any atom is -0.456 e. The number of carbonyl (C=O) groups excluding carboxylic acids is 1. The van der Waals surface area contributed by atoms with E-state index in [-0.39, 0.29) is 29.2 Å². The first kappa shape index (κ1) is 14.1. The number of hydrogen-bond donors (Lipinski definition) is 0. The lowest BCUT2D eigenvalue weighted by molar-refractivity contribution is -0.0631. The summed E-state index contributed by atoms with van der Waals surface area (Å²) >= 11 is 0. The number of aromatic nitrogens is 3. The van der Waals surface area contributed by atoms with Gasteiger partial charge in [-0.2, -0.15) is 0 Å². The number of fused-ring (bicyclic) bond motifs is 3. The van der Waals surface area contributed by atoms with Gasteiger partial charge < -0.3 is 14.1 Å². The van der Waals surface area contributed by atoms with E-state index in [2.05, 4.69) is 10.3 Å². The zero-order valence-electron chi connectivity index (χ0n) is 12.6. The zero-order chi connectivity index (χ0) is 16.0. The van der Waals surface area contributed by atoms with E-state index in [1.54, 1.807) is 18.0 Å². The van der Waals surface area contributed by atoms with Gasteiger partial charge in [-0.05, 0) is 13.3 Å². The van der Waals surface area contributed by atoms with E-state index in [0.29, 0.717) is 25.5 Å². The molecule has 120 valence electrons. The maximum absolute atomic E-state index is 12.6. The van der Waals surface area contributed by atoms with Crippen molar-refractivity contribution in [3.63, 3.8) is 0 Å². The van der Waals surface area contributed by atoms with Gasteiger partial charge >= 0.3 is 0 Å². The third-order valence-electron chi connectivity index (χ3n) is 4.32. The number of piperidine rings is 1. The standard InChI is InChI=1S/C15H16N4O4/c1-9-4-11(20)5-13(23-9)15(21)18-3-2-12-14(7-18)22-8-10-6-16-17-19(10)12/h4-6,12,14H,2-3,7-8H2,1H3/t12-,14-/m0/s1. The molecule has 2 aliphatic heterocycles. The van der Waals surface area contributed by atoms with E-state index in [0.717, 1.165) is 12.1 Å². The van der Waals surface area contributed by atoms with Gasteiger partial charge in [0, 0.05) is 25.2 Å². The van der Waals surface area contributed by atoms with Crippen molar-refractivity contribution in [3.05, 3.63) is 45.8 Å². The molecule has 0 radical (unpaired) electrons. The van der Waals surface area contributed by atoms with Crippen molar-refractivity contribution in [1.29, 1.82) is 0 Å². The molecule has 0 aliphatic carbocycles. The third kappa shape index (κ3) is 2.44. The molecule has 2 atom stereocenters. The molecule has 0 N–H and O–H groups in total. The molecule has 1 amide bonds. The van der Waals surface area contributed by atoms with E-state index in [1.165, 1.54) is 12.1 Å². The highest BCUT2D eigenvalue weighted by molar-refractivity contribution is 5.91. The molecule has 8 heteroatoms. The lowest BCUT2D eigenvalue weighted by atomic mass is 10.00. The highest BCUT2D eigenvalue weighted by Crippen LogP contribution is 2.30. The maximum Gasteiger partial charge on any atom is 0.289 e. The predicted octanol–water partition coefficient (Wildman–Crippen LogP) is 0.526. The largest absolute Gasteiger partial charge is 0.456 e. The summed E-state index contributed by atoms with van der Waals surface area (Å²) in [5.41, 5.74) is 0.726. The molecule has 23 heavy (non-hydrogen) atoms. The zero-order valence-corrected chi connectivity index (χ0v) is 12.6. The van der Waals surface area contributed by atoms with Crippen molar-refractivity contribution < 1.29 is 13.9 Å². The number of aryl methyl sites for hydroxylation is 1. The Morgan fingerprint density at radius 3 is 3.09 bits per heavy atom. The van der Waals surface area contributed by atoms with E-state index in [4.69, 9.17) is 9.15 Å². The van der Waals surface area contributed by atoms with Crippen LogP contribution in [0.5, 0.6) is 0 Å². The summed E-state index contributed by atoms with van der Waals surface area (Å²) in [7, 11) is 0. The number of amides is 1. The SMILES string of the molecule is Cc1cc(=O)cc(C(=O)N2CC[C@H]3[C@H](C2)OCc2cnnn23)o1. The fourth-order valence-corrected chi connectivity index (χ4v) is 3.24. The van der Waals surface area contributed by atoms with Crippen molar-refractivity contribution in [3.8, 4) is 0 Å². The Labute approximate surface area is 131 Å². The van der Waals surface area contributed by atoms with E-state index in [1.807, 2.05) is 4.68 Å². The molecule has 1 saturated heterocycles. The topological polar surface area (TPSA) is 90.5 Å². The van der Waals surface area contributed by atoms with E-state index >= 15 is 0 Å². The van der Waals surface area contributed by atoms with Gasteiger partial charge in [-0.25, -0.2) is 4.68 Å². The summed E-state index contributed by atoms with van der Waals surface area (Å²) in [4.78, 5) is 25.8. The summed E-state index contributed by atoms with van der Waals surface area (Å²) in [6, 6.07) is 2.69. The fourth-order valence-electron chi connectivity index (χ4n) is 3.24. The van der Waals surface area contributed by atoms with Crippen LogP contribution in [0.4, 0.5) is 0 Å². The minimum atomic E-state index is -0.280. The van der Waals surface area contributed by atoms with Gasteiger partial charge in [0.05, 0.1) is 30.6 Å². The molecule has 0 aromatic carbocycles. The number of nitrogens with zero attached hydrogens (tertiary/aromatic N) is 4. The summed E-state index contributed by atoms with van der Waals surface area (Å²) in [5.74, 6) is 0.222. The molecular formula is C15H16N4O4. The number of hydrogen-bond acceptors (Lipinski definition) is 6. The second kappa shape index (κ2) is 5.31. The quantitative estimate of drug-likeness (QED) is 0.762. The first-order valence-corrected chi connectivity index (χ1v) is 7.53. The summed E-state index contributed by atoms with van der Waals surface area (Å²) in [6.45, 7) is 3.09. The van der Waals surface area contributed by atoms with Crippen molar-refractivity contribution in [2.24, 2.45) is 0 Å². The van der Waals surface area contributed by atoms with Crippen molar-refractivity contribution in [2.75, 3.05) is 13.1 Å². The van der Waals surface area contributed by atoms with Crippen LogP contribution in [0.3, 0.4) is 0 Å². The van der Waals surface area contributed by atoms with Gasteiger partial charge in [0.25, 0.3) is 5.91 Å². The van der Waals surface area contributed by atoms with Gasteiger partial charge in [0.2, 0.25) is 0 Å². The summed E-state index contributed by atoms with van der Waals surface area (Å²) in [5, 5.41) is 8.03. The Bertz CT molecular complexity index is 812. The lowest BCUT2D eigenvalue weighted by Gasteiger charge is -2.40. The first-order chi connectivity index (χ1) is 11.1. The van der Waals surface area contributed by atoms with Gasteiger partial charge in [-0.1, -0.05) is 5.21 Å². The molecule has 0 unspecified atom stereocenters. The fraction of sp³-hybridized carbons (Fsp3) is 0.467. The highest BCUT2D eigenvalue weighted by atomic mass is 16.5.